The standard InChI is InChI=1S/C5H5Cl5/c1-2-3(6)5(9,10)4(7)8/h3H,1-2H2. The maximum Gasteiger partial charge on any atom is 0.188 e. The van der Waals surface area contributed by atoms with Crippen LogP contribution in [0.4, 0.5) is 0 Å². The molecule has 0 aliphatic heterocycles. The monoisotopic (exact) mass is 240 g/mol. The summed E-state index contributed by atoms with van der Waals surface area (Å²) in [5.41, 5.74) is 0. The van der Waals surface area contributed by atoms with E-state index >= 15 is 0 Å². The first-order valence-electron chi connectivity index (χ1n) is 2.42. The minimum Gasteiger partial charge on any atom is -0.120 e. The predicted molar refractivity (Wildman–Crippen MR) is 49.0 cm³/mol. The molecule has 5 heteroatoms. The molecule has 0 bridgehead atoms. The van der Waals surface area contributed by atoms with Gasteiger partial charge in [0.1, 0.15) is 0 Å². The van der Waals surface area contributed by atoms with Crippen molar-refractivity contribution in [3.63, 3.8) is 0 Å². The Morgan fingerprint density at radius 2 is 1.80 bits per heavy atom. The summed E-state index contributed by atoms with van der Waals surface area (Å²) in [6, 6.07) is 0. The van der Waals surface area contributed by atoms with Crippen LogP contribution in [0.15, 0.2) is 0 Å². The van der Waals surface area contributed by atoms with Crippen molar-refractivity contribution < 1.29 is 0 Å². The van der Waals surface area contributed by atoms with Crippen LogP contribution in [-0.4, -0.2) is 9.71 Å². The van der Waals surface area contributed by atoms with Gasteiger partial charge in [0.05, 0.1) is 5.38 Å². The number of halogens is 5. The summed E-state index contributed by atoms with van der Waals surface area (Å²) in [4.78, 5) is -0.153. The zero-order valence-electron chi connectivity index (χ0n) is 4.88. The summed E-state index contributed by atoms with van der Waals surface area (Å²) in [6.45, 7) is 3.50. The van der Waals surface area contributed by atoms with E-state index in [-0.39, 0.29) is 4.84 Å². The van der Waals surface area contributed by atoms with Crippen molar-refractivity contribution in [3.05, 3.63) is 11.8 Å². The Morgan fingerprint density at radius 1 is 1.40 bits per heavy atom. The van der Waals surface area contributed by atoms with Crippen LogP contribution < -0.4 is 0 Å². The van der Waals surface area contributed by atoms with Gasteiger partial charge in [0.25, 0.3) is 0 Å². The van der Waals surface area contributed by atoms with Crippen LogP contribution in [-0.2, 0) is 0 Å². The van der Waals surface area contributed by atoms with Crippen molar-refractivity contribution in [2.45, 2.75) is 16.1 Å². The molecule has 0 aromatic carbocycles. The van der Waals surface area contributed by atoms with Gasteiger partial charge in [-0.1, -0.05) is 53.3 Å². The van der Waals surface area contributed by atoms with Gasteiger partial charge in [-0.25, -0.2) is 0 Å². The van der Waals surface area contributed by atoms with Crippen LogP contribution in [0.5, 0.6) is 0 Å². The number of rotatable bonds is 3. The third-order valence-electron chi connectivity index (χ3n) is 0.899. The Hall–Kier alpha value is 1.45. The van der Waals surface area contributed by atoms with Crippen molar-refractivity contribution in [1.29, 1.82) is 0 Å². The van der Waals surface area contributed by atoms with E-state index in [1.807, 2.05) is 0 Å². The molecule has 1 atom stereocenters. The molecule has 10 heavy (non-hydrogen) atoms. The Kier molecular flexibility index (Phi) is 5.12. The van der Waals surface area contributed by atoms with Gasteiger partial charge in [0.2, 0.25) is 0 Å². The zero-order valence-corrected chi connectivity index (χ0v) is 8.66. The Bertz CT molecular complexity index is 100. The fourth-order valence-corrected chi connectivity index (χ4v) is 1.00. The first-order chi connectivity index (χ1) is 4.42. The molecule has 0 saturated carbocycles. The molecule has 0 fully saturated rings. The lowest BCUT2D eigenvalue weighted by molar-refractivity contribution is 0.803. The molecule has 0 aliphatic carbocycles. The first-order valence-corrected chi connectivity index (χ1v) is 4.37. The van der Waals surface area contributed by atoms with Gasteiger partial charge in [-0.05, 0) is 6.42 Å². The molecule has 0 saturated heterocycles. The fourth-order valence-electron chi connectivity index (χ4n) is 0.300. The highest BCUT2D eigenvalue weighted by molar-refractivity contribution is 6.67. The summed E-state index contributed by atoms with van der Waals surface area (Å²) in [5.74, 6) is 0. The van der Waals surface area contributed by atoms with E-state index < -0.39 is 9.71 Å². The van der Waals surface area contributed by atoms with Crippen LogP contribution in [0.25, 0.3) is 0 Å². The highest BCUT2D eigenvalue weighted by Crippen LogP contribution is 2.44. The SMILES string of the molecule is [CH2]CC(Cl)C(Cl)(Cl)[C](Cl)Cl. The lowest BCUT2D eigenvalue weighted by atomic mass is 10.2. The number of alkyl halides is 3. The second kappa shape index (κ2) is 4.47. The lowest BCUT2D eigenvalue weighted by Gasteiger charge is -2.23. The van der Waals surface area contributed by atoms with Gasteiger partial charge in [-0.3, -0.25) is 0 Å². The van der Waals surface area contributed by atoms with Gasteiger partial charge in [-0.15, -0.1) is 11.6 Å². The molecule has 0 aromatic rings. The van der Waals surface area contributed by atoms with Crippen molar-refractivity contribution in [2.24, 2.45) is 0 Å². The predicted octanol–water partition coefficient (Wildman–Crippen LogP) is 3.96. The van der Waals surface area contributed by atoms with E-state index in [1.165, 1.54) is 0 Å². The summed E-state index contributed by atoms with van der Waals surface area (Å²) in [7, 11) is 0. The Balaban J connectivity index is 4.09. The van der Waals surface area contributed by atoms with E-state index in [0.29, 0.717) is 6.42 Å². The maximum absolute atomic E-state index is 5.64. The van der Waals surface area contributed by atoms with Crippen LogP contribution in [0.1, 0.15) is 6.42 Å². The third kappa shape index (κ3) is 2.83. The molecule has 0 N–H and O–H groups in total. The summed E-state index contributed by atoms with van der Waals surface area (Å²) >= 11 is 27.6. The van der Waals surface area contributed by atoms with Crippen molar-refractivity contribution >= 4 is 58.0 Å². The molecule has 1 unspecified atom stereocenters. The highest BCUT2D eigenvalue weighted by atomic mass is 35.5. The molecule has 60 valence electrons. The minimum absolute atomic E-state index is 0.153. The second-order valence-corrected chi connectivity index (χ2v) is 4.50. The normalized spacial score (nSPS) is 15.9. The van der Waals surface area contributed by atoms with E-state index in [1.54, 1.807) is 0 Å². The molecule has 0 aliphatic rings. The molecule has 0 amide bonds. The van der Waals surface area contributed by atoms with Gasteiger partial charge in [0, 0.05) is 0 Å². The van der Waals surface area contributed by atoms with Crippen molar-refractivity contribution in [1.82, 2.24) is 0 Å². The Morgan fingerprint density at radius 3 is 1.90 bits per heavy atom. The largest absolute Gasteiger partial charge is 0.188 e. The van der Waals surface area contributed by atoms with Crippen LogP contribution >= 0.6 is 58.0 Å². The van der Waals surface area contributed by atoms with E-state index in [4.69, 9.17) is 58.0 Å². The Labute approximate surface area is 85.7 Å². The third-order valence-corrected chi connectivity index (χ3v) is 3.56. The average molecular weight is 242 g/mol. The van der Waals surface area contributed by atoms with Gasteiger partial charge >= 0.3 is 0 Å². The second-order valence-electron chi connectivity index (χ2n) is 1.64. The summed E-state index contributed by atoms with van der Waals surface area (Å²) in [5, 5.41) is -0.569. The van der Waals surface area contributed by atoms with Crippen molar-refractivity contribution in [2.75, 3.05) is 0 Å². The van der Waals surface area contributed by atoms with Gasteiger partial charge in [-0.2, -0.15) is 0 Å². The summed E-state index contributed by atoms with van der Waals surface area (Å²) in [6.07, 6.45) is 0.359. The van der Waals surface area contributed by atoms with Gasteiger partial charge < -0.3 is 0 Å². The molecule has 0 heterocycles. The molecule has 0 nitrogen and oxygen atoms in total. The molecule has 0 rings (SSSR count). The smallest absolute Gasteiger partial charge is 0.120 e. The highest BCUT2D eigenvalue weighted by Gasteiger charge is 2.39. The topological polar surface area (TPSA) is 0 Å². The van der Waals surface area contributed by atoms with Crippen LogP contribution in [0.3, 0.4) is 0 Å². The molecular formula is C5H5Cl5. The zero-order chi connectivity index (χ0) is 8.36. The number of hydrogen-bond acceptors (Lipinski definition) is 0. The maximum atomic E-state index is 5.64. The van der Waals surface area contributed by atoms with Gasteiger partial charge in [0.15, 0.2) is 9.17 Å². The average Bonchev–Trinajstić information content (AvgIpc) is 1.86. The van der Waals surface area contributed by atoms with E-state index in [0.717, 1.165) is 0 Å². The fraction of sp³-hybridized carbons (Fsp3) is 0.600. The molecule has 0 aromatic heterocycles. The quantitative estimate of drug-likeness (QED) is 0.657. The van der Waals surface area contributed by atoms with Crippen LogP contribution in [0.2, 0.25) is 0 Å². The number of hydrogen-bond donors (Lipinski definition) is 0. The molecule has 0 spiro atoms. The van der Waals surface area contributed by atoms with E-state index in [2.05, 4.69) is 6.92 Å². The molecular weight excluding hydrogens is 237 g/mol. The molecule has 2 radical (unpaired) electrons. The summed E-state index contributed by atoms with van der Waals surface area (Å²) < 4.78 is -1.40. The first kappa shape index (κ1) is 11.4. The van der Waals surface area contributed by atoms with Crippen LogP contribution in [0, 0.1) is 11.8 Å². The lowest BCUT2D eigenvalue weighted by Crippen LogP contribution is -2.28. The van der Waals surface area contributed by atoms with Crippen molar-refractivity contribution in [3.8, 4) is 0 Å². The van der Waals surface area contributed by atoms with E-state index in [9.17, 15) is 0 Å². The minimum atomic E-state index is -1.40.